The SMILES string of the molecule is Cc1ccc(NN=C/C=C/c2ccccc2)cc1C. The molecular formula is C17H18N2. The molecule has 0 radical (unpaired) electrons. The van der Waals surface area contributed by atoms with Crippen molar-refractivity contribution >= 4 is 18.0 Å². The first-order chi connectivity index (χ1) is 9.25. The second kappa shape index (κ2) is 6.55. The van der Waals surface area contributed by atoms with Crippen molar-refractivity contribution in [1.82, 2.24) is 0 Å². The van der Waals surface area contributed by atoms with Gasteiger partial charge >= 0.3 is 0 Å². The first kappa shape index (κ1) is 13.1. The summed E-state index contributed by atoms with van der Waals surface area (Å²) in [6.07, 6.45) is 5.69. The topological polar surface area (TPSA) is 24.4 Å². The highest BCUT2D eigenvalue weighted by atomic mass is 15.3. The van der Waals surface area contributed by atoms with Crippen LogP contribution in [0.25, 0.3) is 6.08 Å². The molecule has 2 rings (SSSR count). The molecule has 0 aliphatic rings. The van der Waals surface area contributed by atoms with Crippen LogP contribution >= 0.6 is 0 Å². The van der Waals surface area contributed by atoms with Crippen LogP contribution in [0, 0.1) is 13.8 Å². The number of anilines is 1. The monoisotopic (exact) mass is 250 g/mol. The number of rotatable bonds is 4. The second-order valence-electron chi connectivity index (χ2n) is 4.46. The molecule has 2 nitrogen and oxygen atoms in total. The third-order valence-electron chi connectivity index (χ3n) is 2.95. The molecule has 0 aliphatic heterocycles. The normalized spacial score (nSPS) is 11.3. The molecule has 0 atom stereocenters. The largest absolute Gasteiger partial charge is 0.279 e. The van der Waals surface area contributed by atoms with Gasteiger partial charge in [0, 0.05) is 6.21 Å². The van der Waals surface area contributed by atoms with Gasteiger partial charge in [-0.3, -0.25) is 5.43 Å². The van der Waals surface area contributed by atoms with E-state index < -0.39 is 0 Å². The third kappa shape index (κ3) is 4.11. The van der Waals surface area contributed by atoms with Crippen molar-refractivity contribution in [3.8, 4) is 0 Å². The summed E-state index contributed by atoms with van der Waals surface area (Å²) in [6.45, 7) is 4.20. The van der Waals surface area contributed by atoms with Crippen molar-refractivity contribution < 1.29 is 0 Å². The van der Waals surface area contributed by atoms with Crippen molar-refractivity contribution in [2.75, 3.05) is 5.43 Å². The summed E-state index contributed by atoms with van der Waals surface area (Å²) in [5.74, 6) is 0. The molecule has 0 spiro atoms. The number of aryl methyl sites for hydroxylation is 2. The molecule has 2 aromatic carbocycles. The summed E-state index contributed by atoms with van der Waals surface area (Å²) < 4.78 is 0. The van der Waals surface area contributed by atoms with Crippen molar-refractivity contribution in [3.05, 3.63) is 71.3 Å². The molecular weight excluding hydrogens is 232 g/mol. The van der Waals surface area contributed by atoms with Crippen LogP contribution in [0.4, 0.5) is 5.69 Å². The number of benzene rings is 2. The maximum Gasteiger partial charge on any atom is 0.0564 e. The molecule has 0 aromatic heterocycles. The summed E-state index contributed by atoms with van der Waals surface area (Å²) in [4.78, 5) is 0. The minimum Gasteiger partial charge on any atom is -0.279 e. The maximum atomic E-state index is 4.17. The van der Waals surface area contributed by atoms with Gasteiger partial charge < -0.3 is 0 Å². The van der Waals surface area contributed by atoms with Gasteiger partial charge in [0.15, 0.2) is 0 Å². The van der Waals surface area contributed by atoms with Gasteiger partial charge in [0.1, 0.15) is 0 Å². The Bertz CT molecular complexity index is 583. The molecule has 0 fully saturated rings. The van der Waals surface area contributed by atoms with Gasteiger partial charge in [-0.05, 0) is 48.7 Å². The van der Waals surface area contributed by atoms with Crippen LogP contribution in [0.1, 0.15) is 16.7 Å². The summed E-state index contributed by atoms with van der Waals surface area (Å²) in [5, 5.41) is 4.17. The van der Waals surface area contributed by atoms with E-state index >= 15 is 0 Å². The molecule has 1 N–H and O–H groups in total. The van der Waals surface area contributed by atoms with E-state index in [9.17, 15) is 0 Å². The molecule has 0 heterocycles. The van der Waals surface area contributed by atoms with Crippen LogP contribution in [-0.4, -0.2) is 6.21 Å². The van der Waals surface area contributed by atoms with E-state index in [0.29, 0.717) is 0 Å². The lowest BCUT2D eigenvalue weighted by molar-refractivity contribution is 1.29. The molecule has 0 unspecified atom stereocenters. The summed E-state index contributed by atoms with van der Waals surface area (Å²) in [6, 6.07) is 16.4. The van der Waals surface area contributed by atoms with E-state index in [4.69, 9.17) is 0 Å². The zero-order chi connectivity index (χ0) is 13.5. The van der Waals surface area contributed by atoms with Crippen LogP contribution in [-0.2, 0) is 0 Å². The molecule has 19 heavy (non-hydrogen) atoms. The predicted octanol–water partition coefficient (Wildman–Crippen LogP) is 4.41. The summed E-state index contributed by atoms with van der Waals surface area (Å²) in [5.41, 5.74) is 7.75. The van der Waals surface area contributed by atoms with Crippen LogP contribution in [0.2, 0.25) is 0 Å². The number of hydrogen-bond donors (Lipinski definition) is 1. The number of hydrogen-bond acceptors (Lipinski definition) is 2. The molecule has 0 aliphatic carbocycles. The summed E-state index contributed by atoms with van der Waals surface area (Å²) in [7, 11) is 0. The lowest BCUT2D eigenvalue weighted by Crippen LogP contribution is -1.90. The van der Waals surface area contributed by atoms with Crippen LogP contribution in [0.3, 0.4) is 0 Å². The van der Waals surface area contributed by atoms with Crippen molar-refractivity contribution in [3.63, 3.8) is 0 Å². The fraction of sp³-hybridized carbons (Fsp3) is 0.118. The quantitative estimate of drug-likeness (QED) is 0.630. The van der Waals surface area contributed by atoms with E-state index in [1.54, 1.807) is 6.21 Å². The van der Waals surface area contributed by atoms with E-state index in [2.05, 4.69) is 48.6 Å². The van der Waals surface area contributed by atoms with Gasteiger partial charge in [0.25, 0.3) is 0 Å². The molecule has 2 aromatic rings. The zero-order valence-corrected chi connectivity index (χ0v) is 11.3. The first-order valence-corrected chi connectivity index (χ1v) is 6.34. The van der Waals surface area contributed by atoms with Gasteiger partial charge in [0.05, 0.1) is 5.69 Å². The molecule has 96 valence electrons. The van der Waals surface area contributed by atoms with E-state index in [0.717, 1.165) is 5.69 Å². The lowest BCUT2D eigenvalue weighted by Gasteiger charge is -2.03. The molecule has 0 saturated carbocycles. The Balaban J connectivity index is 1.90. The average Bonchev–Trinajstić information content (AvgIpc) is 2.43. The van der Waals surface area contributed by atoms with Gasteiger partial charge in [-0.25, -0.2) is 0 Å². The van der Waals surface area contributed by atoms with Crippen molar-refractivity contribution in [1.29, 1.82) is 0 Å². The average molecular weight is 250 g/mol. The highest BCUT2D eigenvalue weighted by molar-refractivity contribution is 5.78. The Morgan fingerprint density at radius 2 is 1.74 bits per heavy atom. The first-order valence-electron chi connectivity index (χ1n) is 6.34. The highest BCUT2D eigenvalue weighted by Gasteiger charge is 1.93. The Labute approximate surface area is 114 Å². The predicted molar refractivity (Wildman–Crippen MR) is 83.5 cm³/mol. The number of hydrazone groups is 1. The second-order valence-corrected chi connectivity index (χ2v) is 4.46. The smallest absolute Gasteiger partial charge is 0.0564 e. The fourth-order valence-electron chi connectivity index (χ4n) is 1.68. The molecule has 0 saturated heterocycles. The Morgan fingerprint density at radius 3 is 2.47 bits per heavy atom. The number of nitrogens with zero attached hydrogens (tertiary/aromatic N) is 1. The minimum atomic E-state index is 1.01. The third-order valence-corrected chi connectivity index (χ3v) is 2.95. The lowest BCUT2D eigenvalue weighted by atomic mass is 10.1. The Hall–Kier alpha value is -2.35. The minimum absolute atomic E-state index is 1.01. The maximum absolute atomic E-state index is 4.17. The van der Waals surface area contributed by atoms with E-state index in [1.165, 1.54) is 16.7 Å². The Kier molecular flexibility index (Phi) is 4.51. The number of allylic oxidation sites excluding steroid dienone is 1. The van der Waals surface area contributed by atoms with Crippen LogP contribution < -0.4 is 5.43 Å². The van der Waals surface area contributed by atoms with Crippen molar-refractivity contribution in [2.45, 2.75) is 13.8 Å². The van der Waals surface area contributed by atoms with E-state index in [1.807, 2.05) is 36.4 Å². The highest BCUT2D eigenvalue weighted by Crippen LogP contribution is 2.13. The van der Waals surface area contributed by atoms with Crippen LogP contribution in [0.15, 0.2) is 59.7 Å². The zero-order valence-electron chi connectivity index (χ0n) is 11.3. The summed E-state index contributed by atoms with van der Waals surface area (Å²) >= 11 is 0. The number of nitrogens with one attached hydrogen (secondary N) is 1. The van der Waals surface area contributed by atoms with Gasteiger partial charge in [-0.1, -0.05) is 42.5 Å². The molecule has 0 amide bonds. The fourth-order valence-corrected chi connectivity index (χ4v) is 1.68. The standard InChI is InChI=1S/C17H18N2/c1-14-10-11-17(13-15(14)2)19-18-12-6-9-16-7-4-3-5-8-16/h3-13,19H,1-2H3/b9-6+,18-12?. The van der Waals surface area contributed by atoms with Crippen molar-refractivity contribution in [2.24, 2.45) is 5.10 Å². The molecule has 2 heteroatoms. The van der Waals surface area contributed by atoms with E-state index in [-0.39, 0.29) is 0 Å². The molecule has 0 bridgehead atoms. The van der Waals surface area contributed by atoms with Gasteiger partial charge in [-0.15, -0.1) is 0 Å². The van der Waals surface area contributed by atoms with Gasteiger partial charge in [-0.2, -0.15) is 5.10 Å². The van der Waals surface area contributed by atoms with Crippen LogP contribution in [0.5, 0.6) is 0 Å². The Morgan fingerprint density at radius 1 is 0.947 bits per heavy atom. The van der Waals surface area contributed by atoms with Gasteiger partial charge in [0.2, 0.25) is 0 Å².